The van der Waals surface area contributed by atoms with Gasteiger partial charge in [0.1, 0.15) is 5.75 Å². The van der Waals surface area contributed by atoms with E-state index in [0.717, 1.165) is 31.9 Å². The van der Waals surface area contributed by atoms with Crippen LogP contribution in [0.1, 0.15) is 31.0 Å². The third-order valence-electron chi connectivity index (χ3n) is 7.21. The second-order valence-corrected chi connectivity index (χ2v) is 8.43. The van der Waals surface area contributed by atoms with E-state index in [1.807, 2.05) is 0 Å². The third-order valence-corrected chi connectivity index (χ3v) is 7.21. The first kappa shape index (κ1) is 20.4. The Morgan fingerprint density at radius 2 is 1.72 bits per heavy atom. The molecule has 0 spiro atoms. The van der Waals surface area contributed by atoms with Crippen molar-refractivity contribution in [3.63, 3.8) is 0 Å². The summed E-state index contributed by atoms with van der Waals surface area (Å²) in [6.45, 7) is 8.85. The summed E-state index contributed by atoms with van der Waals surface area (Å²) in [6, 6.07) is 20.2. The normalized spacial score (nSPS) is 28.9. The standard InChI is InChI=1S/C25H34N2O2/c1-4-26(5-2)25-22(17-28)21-16-27(15-18-9-7-6-8-10-18)24(23(21)25)19-11-13-20(29-3)14-12-19/h6-14,21-25,28H,4-5,15-17H2,1-3H3/t21-,22+,23+,24-,25-/m0/s1. The van der Waals surface area contributed by atoms with Crippen molar-refractivity contribution in [1.82, 2.24) is 9.80 Å². The molecule has 2 aromatic carbocycles. The number of aliphatic hydroxyl groups excluding tert-OH is 1. The van der Waals surface area contributed by atoms with Crippen molar-refractivity contribution in [3.8, 4) is 5.75 Å². The Hall–Kier alpha value is -1.88. The lowest BCUT2D eigenvalue weighted by Gasteiger charge is -2.54. The van der Waals surface area contributed by atoms with Crippen LogP contribution in [0.25, 0.3) is 0 Å². The van der Waals surface area contributed by atoms with Crippen molar-refractivity contribution in [2.24, 2.45) is 17.8 Å². The van der Waals surface area contributed by atoms with E-state index in [2.05, 4.69) is 78.2 Å². The summed E-state index contributed by atoms with van der Waals surface area (Å²) in [5.74, 6) is 2.40. The molecule has 1 aliphatic heterocycles. The molecular weight excluding hydrogens is 360 g/mol. The molecule has 2 aliphatic rings. The summed E-state index contributed by atoms with van der Waals surface area (Å²) in [6.07, 6.45) is 0. The van der Waals surface area contributed by atoms with Crippen LogP contribution in [0.5, 0.6) is 5.75 Å². The number of methoxy groups -OCH3 is 1. The largest absolute Gasteiger partial charge is 0.497 e. The van der Waals surface area contributed by atoms with Gasteiger partial charge < -0.3 is 14.7 Å². The molecule has 4 heteroatoms. The van der Waals surface area contributed by atoms with Gasteiger partial charge in [0.15, 0.2) is 0 Å². The number of ether oxygens (including phenoxy) is 1. The van der Waals surface area contributed by atoms with Gasteiger partial charge in [0.25, 0.3) is 0 Å². The molecule has 5 atom stereocenters. The van der Waals surface area contributed by atoms with Gasteiger partial charge in [-0.05, 0) is 48.2 Å². The van der Waals surface area contributed by atoms with Crippen LogP contribution in [0.4, 0.5) is 0 Å². The smallest absolute Gasteiger partial charge is 0.118 e. The first-order valence-electron chi connectivity index (χ1n) is 11.0. The van der Waals surface area contributed by atoms with Crippen LogP contribution >= 0.6 is 0 Å². The summed E-state index contributed by atoms with van der Waals surface area (Å²) in [7, 11) is 1.72. The summed E-state index contributed by atoms with van der Waals surface area (Å²) in [5.41, 5.74) is 2.72. The highest BCUT2D eigenvalue weighted by Gasteiger charge is 2.60. The Morgan fingerprint density at radius 3 is 2.31 bits per heavy atom. The Kier molecular flexibility index (Phi) is 6.23. The zero-order chi connectivity index (χ0) is 20.4. The highest BCUT2D eigenvalue weighted by Crippen LogP contribution is 2.57. The van der Waals surface area contributed by atoms with Gasteiger partial charge in [0.2, 0.25) is 0 Å². The lowest BCUT2D eigenvalue weighted by atomic mass is 9.59. The van der Waals surface area contributed by atoms with Crippen molar-refractivity contribution in [2.45, 2.75) is 32.5 Å². The highest BCUT2D eigenvalue weighted by atomic mass is 16.5. The topological polar surface area (TPSA) is 35.9 Å². The molecule has 1 heterocycles. The number of likely N-dealkylation sites (tertiary alicyclic amines) is 1. The first-order valence-corrected chi connectivity index (χ1v) is 11.0. The van der Waals surface area contributed by atoms with Gasteiger partial charge in [0.05, 0.1) is 7.11 Å². The number of hydrogen-bond donors (Lipinski definition) is 1. The predicted molar refractivity (Wildman–Crippen MR) is 117 cm³/mol. The lowest BCUT2D eigenvalue weighted by molar-refractivity contribution is -0.0708. The van der Waals surface area contributed by atoms with E-state index in [-0.39, 0.29) is 6.61 Å². The molecule has 156 valence electrons. The van der Waals surface area contributed by atoms with Crippen LogP contribution in [-0.4, -0.2) is 54.3 Å². The third kappa shape index (κ3) is 3.70. The lowest BCUT2D eigenvalue weighted by Crippen LogP contribution is -2.61. The van der Waals surface area contributed by atoms with Gasteiger partial charge in [-0.25, -0.2) is 0 Å². The number of nitrogens with zero attached hydrogens (tertiary/aromatic N) is 2. The maximum absolute atomic E-state index is 10.2. The second-order valence-electron chi connectivity index (χ2n) is 8.43. The van der Waals surface area contributed by atoms with E-state index in [0.29, 0.717) is 29.8 Å². The van der Waals surface area contributed by atoms with Gasteiger partial charge in [0, 0.05) is 37.7 Å². The maximum atomic E-state index is 10.2. The predicted octanol–water partition coefficient (Wildman–Crippen LogP) is 3.82. The fourth-order valence-corrected chi connectivity index (χ4v) is 5.86. The summed E-state index contributed by atoms with van der Waals surface area (Å²) < 4.78 is 5.39. The molecule has 0 aromatic heterocycles. The van der Waals surface area contributed by atoms with Crippen LogP contribution in [0.2, 0.25) is 0 Å². The zero-order valence-corrected chi connectivity index (χ0v) is 17.9. The van der Waals surface area contributed by atoms with Crippen molar-refractivity contribution >= 4 is 0 Å². The first-order chi connectivity index (χ1) is 14.2. The Morgan fingerprint density at radius 1 is 1.03 bits per heavy atom. The van der Waals surface area contributed by atoms with E-state index in [4.69, 9.17) is 4.74 Å². The maximum Gasteiger partial charge on any atom is 0.118 e. The van der Waals surface area contributed by atoms with E-state index in [1.54, 1.807) is 7.11 Å². The second kappa shape index (κ2) is 8.86. The number of rotatable bonds is 8. The Balaban J connectivity index is 1.67. The molecule has 0 radical (unpaired) electrons. The van der Waals surface area contributed by atoms with E-state index in [9.17, 15) is 5.11 Å². The molecule has 1 saturated heterocycles. The average molecular weight is 395 g/mol. The number of aliphatic hydroxyl groups is 1. The quantitative estimate of drug-likeness (QED) is 0.738. The zero-order valence-electron chi connectivity index (χ0n) is 17.9. The molecule has 2 fully saturated rings. The van der Waals surface area contributed by atoms with Crippen molar-refractivity contribution < 1.29 is 9.84 Å². The van der Waals surface area contributed by atoms with Crippen molar-refractivity contribution in [1.29, 1.82) is 0 Å². The van der Waals surface area contributed by atoms with Crippen LogP contribution in [0, 0.1) is 17.8 Å². The molecule has 4 nitrogen and oxygen atoms in total. The van der Waals surface area contributed by atoms with Crippen molar-refractivity contribution in [3.05, 3.63) is 65.7 Å². The molecule has 1 N–H and O–H groups in total. The molecule has 29 heavy (non-hydrogen) atoms. The summed E-state index contributed by atoms with van der Waals surface area (Å²) in [4.78, 5) is 5.20. The Labute approximate surface area is 175 Å². The minimum Gasteiger partial charge on any atom is -0.497 e. The summed E-state index contributed by atoms with van der Waals surface area (Å²) in [5, 5.41) is 10.2. The molecule has 2 aromatic rings. The van der Waals surface area contributed by atoms with Gasteiger partial charge >= 0.3 is 0 Å². The van der Waals surface area contributed by atoms with Gasteiger partial charge in [-0.15, -0.1) is 0 Å². The average Bonchev–Trinajstić information content (AvgIpc) is 3.07. The monoisotopic (exact) mass is 394 g/mol. The van der Waals surface area contributed by atoms with Crippen LogP contribution in [-0.2, 0) is 6.54 Å². The van der Waals surface area contributed by atoms with Crippen LogP contribution < -0.4 is 4.74 Å². The Bertz CT molecular complexity index is 775. The number of fused-ring (bicyclic) bond motifs is 1. The van der Waals surface area contributed by atoms with Gasteiger partial charge in [-0.1, -0.05) is 56.3 Å². The van der Waals surface area contributed by atoms with Gasteiger partial charge in [-0.3, -0.25) is 4.90 Å². The minimum absolute atomic E-state index is 0.289. The van der Waals surface area contributed by atoms with Crippen LogP contribution in [0.15, 0.2) is 54.6 Å². The fraction of sp³-hybridized carbons (Fsp3) is 0.520. The molecule has 1 saturated carbocycles. The number of hydrogen-bond acceptors (Lipinski definition) is 4. The minimum atomic E-state index is 0.289. The van der Waals surface area contributed by atoms with E-state index < -0.39 is 0 Å². The molecule has 0 bridgehead atoms. The molecule has 4 rings (SSSR count). The summed E-state index contributed by atoms with van der Waals surface area (Å²) >= 11 is 0. The van der Waals surface area contributed by atoms with E-state index in [1.165, 1.54) is 11.1 Å². The highest BCUT2D eigenvalue weighted by molar-refractivity contribution is 5.32. The van der Waals surface area contributed by atoms with Crippen molar-refractivity contribution in [2.75, 3.05) is 33.4 Å². The molecule has 0 unspecified atom stereocenters. The van der Waals surface area contributed by atoms with Crippen LogP contribution in [0.3, 0.4) is 0 Å². The molecular formula is C25H34N2O2. The molecule has 1 aliphatic carbocycles. The number of benzene rings is 2. The fourth-order valence-electron chi connectivity index (χ4n) is 5.86. The van der Waals surface area contributed by atoms with E-state index >= 15 is 0 Å². The molecule has 0 amide bonds. The SMILES string of the molecule is CCN(CC)[C@H]1[C@H](CO)[C@@H]2CN(Cc3ccccc3)[C@@H](c3ccc(OC)cc3)[C@@H]21. The van der Waals surface area contributed by atoms with Gasteiger partial charge in [-0.2, -0.15) is 0 Å².